The van der Waals surface area contributed by atoms with Gasteiger partial charge in [-0.05, 0) is 73.2 Å². The van der Waals surface area contributed by atoms with Crippen LogP contribution in [-0.4, -0.2) is 46.6 Å². The van der Waals surface area contributed by atoms with Gasteiger partial charge < -0.3 is 19.7 Å². The van der Waals surface area contributed by atoms with Gasteiger partial charge in [-0.3, -0.25) is 9.59 Å². The lowest BCUT2D eigenvalue weighted by atomic mass is 9.45. The molecule has 4 aliphatic carbocycles. The lowest BCUT2D eigenvalue weighted by Crippen LogP contribution is -2.66. The molecule has 31 heavy (non-hydrogen) atoms. The van der Waals surface area contributed by atoms with Crippen molar-refractivity contribution in [1.29, 1.82) is 0 Å². The van der Waals surface area contributed by atoms with E-state index >= 15 is 0 Å². The van der Waals surface area contributed by atoms with Crippen molar-refractivity contribution in [2.24, 2.45) is 34.5 Å². The van der Waals surface area contributed by atoms with Crippen LogP contribution >= 0.6 is 0 Å². The van der Waals surface area contributed by atoms with Crippen LogP contribution in [-0.2, 0) is 19.1 Å². The summed E-state index contributed by atoms with van der Waals surface area (Å²) in [4.78, 5) is 25.4. The van der Waals surface area contributed by atoms with Gasteiger partial charge in [0.1, 0.15) is 6.61 Å². The second-order valence-corrected chi connectivity index (χ2v) is 11.2. The fourth-order valence-corrected chi connectivity index (χ4v) is 8.41. The molecule has 6 heteroatoms. The zero-order valence-corrected chi connectivity index (χ0v) is 18.9. The molecule has 0 aromatic carbocycles. The number of carbonyl (C=O) groups excluding carboxylic acids is 2. The minimum absolute atomic E-state index is 0.0240. The number of ether oxygens (including phenoxy) is 2. The minimum Gasteiger partial charge on any atom is -0.393 e. The average molecular weight is 433 g/mol. The standard InChI is InChI=1S/C25H36O6/c1-4-5-21-30-25(31-21)13-24(3)14(10-20(25)29)6-7-15-16-8-9-17(19(28)12-26)23(16,2)11-18(27)22(15)24/h10,15-18,21-22,26-27H,4-9,11-13H2,1-3H3/t15-,16-,17-,18-,21?,22+,23-,24-,25?/m0/s1. The SMILES string of the molecule is CCCC1OC2(C[C@@]3(C)C(=CC2=O)CC[C@@H]2[C@@H]3[C@@H](O)C[C@]3(C)[C@H](C(=O)CO)CC[C@@H]23)O1. The third kappa shape index (κ3) is 2.91. The van der Waals surface area contributed by atoms with Crippen molar-refractivity contribution < 1.29 is 29.3 Å². The van der Waals surface area contributed by atoms with E-state index in [1.807, 2.05) is 0 Å². The maximum absolute atomic E-state index is 12.9. The number of aliphatic hydroxyl groups excluding tert-OH is 2. The topological polar surface area (TPSA) is 93.1 Å². The molecule has 7 atom stereocenters. The Bertz CT molecular complexity index is 813. The Kier molecular flexibility index (Phi) is 5.06. The van der Waals surface area contributed by atoms with E-state index in [1.165, 1.54) is 0 Å². The van der Waals surface area contributed by atoms with Gasteiger partial charge in [-0.15, -0.1) is 0 Å². The molecule has 0 amide bonds. The summed E-state index contributed by atoms with van der Waals surface area (Å²) in [7, 11) is 0. The lowest BCUT2D eigenvalue weighted by molar-refractivity contribution is -0.437. The molecule has 1 aliphatic heterocycles. The van der Waals surface area contributed by atoms with E-state index in [0.717, 1.165) is 44.1 Å². The molecule has 5 rings (SSSR count). The van der Waals surface area contributed by atoms with Crippen molar-refractivity contribution in [3.8, 4) is 0 Å². The van der Waals surface area contributed by atoms with Crippen molar-refractivity contribution in [2.75, 3.05) is 6.61 Å². The number of fused-ring (bicyclic) bond motifs is 5. The molecule has 0 unspecified atom stereocenters. The van der Waals surface area contributed by atoms with Gasteiger partial charge in [0.2, 0.25) is 11.6 Å². The molecule has 1 saturated heterocycles. The maximum Gasteiger partial charge on any atom is 0.238 e. The predicted octanol–water partition coefficient (Wildman–Crippen LogP) is 3.15. The first-order valence-corrected chi connectivity index (χ1v) is 12.1. The van der Waals surface area contributed by atoms with E-state index in [1.54, 1.807) is 6.08 Å². The van der Waals surface area contributed by atoms with Crippen LogP contribution in [0.2, 0.25) is 0 Å². The highest BCUT2D eigenvalue weighted by Gasteiger charge is 2.67. The van der Waals surface area contributed by atoms with E-state index < -0.39 is 18.5 Å². The van der Waals surface area contributed by atoms with Crippen molar-refractivity contribution >= 4 is 11.6 Å². The number of aliphatic hydroxyl groups is 2. The number of hydrogen-bond acceptors (Lipinski definition) is 6. The molecule has 172 valence electrons. The summed E-state index contributed by atoms with van der Waals surface area (Å²) >= 11 is 0. The zero-order chi connectivity index (χ0) is 22.2. The van der Waals surface area contributed by atoms with Crippen molar-refractivity contribution in [3.63, 3.8) is 0 Å². The molecule has 0 radical (unpaired) electrons. The first-order valence-electron chi connectivity index (χ1n) is 12.1. The molecule has 0 bridgehead atoms. The largest absolute Gasteiger partial charge is 0.393 e. The van der Waals surface area contributed by atoms with Crippen LogP contribution in [0, 0.1) is 34.5 Å². The Hall–Kier alpha value is -1.08. The van der Waals surface area contributed by atoms with Gasteiger partial charge in [0, 0.05) is 12.3 Å². The molecular formula is C25H36O6. The van der Waals surface area contributed by atoms with E-state index in [0.29, 0.717) is 24.7 Å². The van der Waals surface area contributed by atoms with E-state index in [9.17, 15) is 19.8 Å². The summed E-state index contributed by atoms with van der Waals surface area (Å²) in [6, 6.07) is 0. The molecule has 1 heterocycles. The maximum atomic E-state index is 12.9. The van der Waals surface area contributed by atoms with Crippen LogP contribution in [0.25, 0.3) is 0 Å². The van der Waals surface area contributed by atoms with Crippen LogP contribution in [0.15, 0.2) is 11.6 Å². The van der Waals surface area contributed by atoms with Gasteiger partial charge in [0.25, 0.3) is 0 Å². The molecule has 6 nitrogen and oxygen atoms in total. The van der Waals surface area contributed by atoms with Crippen LogP contribution in [0.5, 0.6) is 0 Å². The Labute approximate surface area is 184 Å². The van der Waals surface area contributed by atoms with Crippen molar-refractivity contribution in [2.45, 2.75) is 90.3 Å². The molecule has 0 aromatic rings. The molecule has 3 saturated carbocycles. The molecule has 1 spiro atoms. The second kappa shape index (κ2) is 7.21. The van der Waals surface area contributed by atoms with E-state index in [-0.39, 0.29) is 40.5 Å². The van der Waals surface area contributed by atoms with Crippen molar-refractivity contribution in [1.82, 2.24) is 0 Å². The summed E-state index contributed by atoms with van der Waals surface area (Å²) in [6.07, 6.45) is 7.16. The normalized spacial score (nSPS) is 50.9. The number of allylic oxidation sites excluding steroid dienone is 1. The first-order chi connectivity index (χ1) is 14.7. The lowest BCUT2D eigenvalue weighted by Gasteiger charge is -2.62. The average Bonchev–Trinajstić information content (AvgIpc) is 3.03. The van der Waals surface area contributed by atoms with Gasteiger partial charge in [0.05, 0.1) is 6.10 Å². The number of carbonyl (C=O) groups is 2. The highest BCUT2D eigenvalue weighted by atomic mass is 16.9. The highest BCUT2D eigenvalue weighted by molar-refractivity contribution is 5.98. The van der Waals surface area contributed by atoms with Gasteiger partial charge in [-0.2, -0.15) is 0 Å². The Morgan fingerprint density at radius 1 is 1.23 bits per heavy atom. The second-order valence-electron chi connectivity index (χ2n) is 11.2. The quantitative estimate of drug-likeness (QED) is 0.709. The van der Waals surface area contributed by atoms with Crippen LogP contribution in [0.3, 0.4) is 0 Å². The summed E-state index contributed by atoms with van der Waals surface area (Å²) in [5, 5.41) is 21.0. The van der Waals surface area contributed by atoms with Crippen LogP contribution in [0.4, 0.5) is 0 Å². The van der Waals surface area contributed by atoms with E-state index in [2.05, 4.69) is 20.8 Å². The van der Waals surface area contributed by atoms with Crippen LogP contribution < -0.4 is 0 Å². The van der Waals surface area contributed by atoms with Gasteiger partial charge >= 0.3 is 0 Å². The van der Waals surface area contributed by atoms with Crippen molar-refractivity contribution in [3.05, 3.63) is 11.6 Å². The summed E-state index contributed by atoms with van der Waals surface area (Å²) in [5.74, 6) is -0.861. The summed E-state index contributed by atoms with van der Waals surface area (Å²) < 4.78 is 12.1. The van der Waals surface area contributed by atoms with Gasteiger partial charge in [0.15, 0.2) is 12.1 Å². The Morgan fingerprint density at radius 3 is 2.65 bits per heavy atom. The third-order valence-corrected chi connectivity index (χ3v) is 9.66. The minimum atomic E-state index is -1.19. The van der Waals surface area contributed by atoms with E-state index in [4.69, 9.17) is 9.47 Å². The smallest absolute Gasteiger partial charge is 0.238 e. The Morgan fingerprint density at radius 2 is 1.97 bits per heavy atom. The molecule has 5 aliphatic rings. The predicted molar refractivity (Wildman–Crippen MR) is 113 cm³/mol. The number of rotatable bonds is 4. The van der Waals surface area contributed by atoms with Gasteiger partial charge in [-0.25, -0.2) is 0 Å². The number of hydrogen-bond donors (Lipinski definition) is 2. The number of Topliss-reactive ketones (excluding diaryl/α,β-unsaturated/α-hetero) is 1. The third-order valence-electron chi connectivity index (χ3n) is 9.66. The van der Waals surface area contributed by atoms with Gasteiger partial charge in [-0.1, -0.05) is 32.8 Å². The molecule has 0 aromatic heterocycles. The molecule has 4 fully saturated rings. The highest BCUT2D eigenvalue weighted by Crippen LogP contribution is 2.67. The fourth-order valence-electron chi connectivity index (χ4n) is 8.41. The monoisotopic (exact) mass is 432 g/mol. The number of ketones is 2. The van der Waals surface area contributed by atoms with Crippen LogP contribution in [0.1, 0.15) is 72.1 Å². The summed E-state index contributed by atoms with van der Waals surface area (Å²) in [6.45, 7) is 5.98. The summed E-state index contributed by atoms with van der Waals surface area (Å²) in [5.41, 5.74) is 0.503. The first kappa shape index (κ1) is 21.7. The molecular weight excluding hydrogens is 396 g/mol. The fraction of sp³-hybridized carbons (Fsp3) is 0.840. The Balaban J connectivity index is 1.46. The zero-order valence-electron chi connectivity index (χ0n) is 18.9. The molecule has 2 N–H and O–H groups in total.